The second-order valence-corrected chi connectivity index (χ2v) is 7.66. The number of fused-ring (bicyclic) bond motifs is 3. The Kier molecular flexibility index (Phi) is 4.84. The van der Waals surface area contributed by atoms with Crippen molar-refractivity contribution in [1.29, 1.82) is 0 Å². The average molecular weight is 409 g/mol. The van der Waals surface area contributed by atoms with Gasteiger partial charge in [-0.25, -0.2) is 4.98 Å². The monoisotopic (exact) mass is 409 g/mol. The minimum Gasteiger partial charge on any atom is -0.384 e. The van der Waals surface area contributed by atoms with Crippen LogP contribution in [0.15, 0.2) is 39.9 Å². The third-order valence-electron chi connectivity index (χ3n) is 5.55. The molecule has 3 aromatic heterocycles. The molecule has 0 amide bonds. The molecular weight excluding hydrogens is 386 g/mol. The molecule has 5 rings (SSSR count). The molecular formula is C21H23N5O4. The molecule has 1 aliphatic rings. The van der Waals surface area contributed by atoms with Crippen LogP contribution < -0.4 is 5.56 Å². The standard InChI is InChI=1S/C21H23N5O4/c1-13(11-28-2)20-23-19(24-30-20)17-18-21(27)25(10-14-6-5-9-29-14)15-7-3-4-8-16(15)26(18)12-22-17/h3-4,7-8,12-14H,5-6,9-11H2,1-2H3. The molecule has 1 fully saturated rings. The Morgan fingerprint density at radius 2 is 2.13 bits per heavy atom. The Morgan fingerprint density at radius 3 is 2.90 bits per heavy atom. The number of hydrogen-bond donors (Lipinski definition) is 0. The summed E-state index contributed by atoms with van der Waals surface area (Å²) in [5.74, 6) is 0.696. The first-order valence-corrected chi connectivity index (χ1v) is 10.1. The van der Waals surface area contributed by atoms with Crippen molar-refractivity contribution >= 4 is 16.6 Å². The van der Waals surface area contributed by atoms with Crippen LogP contribution in [0.3, 0.4) is 0 Å². The first-order chi connectivity index (χ1) is 14.7. The largest absolute Gasteiger partial charge is 0.384 e. The van der Waals surface area contributed by atoms with E-state index in [1.807, 2.05) is 31.2 Å². The van der Waals surface area contributed by atoms with Crippen molar-refractivity contribution in [3.63, 3.8) is 0 Å². The number of methoxy groups -OCH3 is 1. The van der Waals surface area contributed by atoms with Crippen molar-refractivity contribution < 1.29 is 14.0 Å². The van der Waals surface area contributed by atoms with Gasteiger partial charge in [0.25, 0.3) is 5.56 Å². The highest BCUT2D eigenvalue weighted by atomic mass is 16.5. The number of aromatic nitrogens is 5. The molecule has 0 bridgehead atoms. The second-order valence-electron chi connectivity index (χ2n) is 7.66. The highest BCUT2D eigenvalue weighted by molar-refractivity contribution is 5.83. The van der Waals surface area contributed by atoms with Crippen LogP contribution in [-0.2, 0) is 16.0 Å². The summed E-state index contributed by atoms with van der Waals surface area (Å²) in [7, 11) is 1.62. The third-order valence-corrected chi connectivity index (χ3v) is 5.55. The summed E-state index contributed by atoms with van der Waals surface area (Å²) in [6, 6.07) is 7.80. The molecule has 0 radical (unpaired) electrons. The van der Waals surface area contributed by atoms with Gasteiger partial charge in [0.15, 0.2) is 0 Å². The van der Waals surface area contributed by atoms with Crippen LogP contribution in [0.1, 0.15) is 31.6 Å². The minimum atomic E-state index is -0.145. The third kappa shape index (κ3) is 3.10. The van der Waals surface area contributed by atoms with E-state index in [0.29, 0.717) is 36.1 Å². The maximum atomic E-state index is 13.6. The van der Waals surface area contributed by atoms with Gasteiger partial charge in [-0.3, -0.25) is 9.20 Å². The van der Waals surface area contributed by atoms with Crippen LogP contribution in [0.25, 0.3) is 28.1 Å². The molecule has 0 spiro atoms. The lowest BCUT2D eigenvalue weighted by atomic mass is 10.2. The van der Waals surface area contributed by atoms with Crippen LogP contribution in [0.2, 0.25) is 0 Å². The summed E-state index contributed by atoms with van der Waals surface area (Å²) in [5.41, 5.74) is 2.43. The zero-order valence-electron chi connectivity index (χ0n) is 16.9. The van der Waals surface area contributed by atoms with E-state index in [4.69, 9.17) is 14.0 Å². The highest BCUT2D eigenvalue weighted by Gasteiger charge is 2.24. The fourth-order valence-corrected chi connectivity index (χ4v) is 4.06. The summed E-state index contributed by atoms with van der Waals surface area (Å²) in [5, 5.41) is 4.08. The zero-order valence-corrected chi connectivity index (χ0v) is 16.9. The lowest BCUT2D eigenvalue weighted by molar-refractivity contribution is 0.0973. The number of rotatable bonds is 6. The average Bonchev–Trinajstić information content (AvgIpc) is 3.51. The summed E-state index contributed by atoms with van der Waals surface area (Å²) in [6.45, 7) is 3.64. The maximum Gasteiger partial charge on any atom is 0.277 e. The summed E-state index contributed by atoms with van der Waals surface area (Å²) < 4.78 is 19.9. The van der Waals surface area contributed by atoms with E-state index in [2.05, 4.69) is 15.1 Å². The van der Waals surface area contributed by atoms with Gasteiger partial charge in [0.2, 0.25) is 11.7 Å². The van der Waals surface area contributed by atoms with E-state index >= 15 is 0 Å². The first-order valence-electron chi connectivity index (χ1n) is 10.1. The fourth-order valence-electron chi connectivity index (χ4n) is 4.06. The summed E-state index contributed by atoms with van der Waals surface area (Å²) >= 11 is 0. The van der Waals surface area contributed by atoms with E-state index in [9.17, 15) is 4.79 Å². The number of nitrogens with zero attached hydrogens (tertiary/aromatic N) is 5. The van der Waals surface area contributed by atoms with Gasteiger partial charge in [0, 0.05) is 13.7 Å². The van der Waals surface area contributed by atoms with Crippen LogP contribution in [0.4, 0.5) is 0 Å². The van der Waals surface area contributed by atoms with Crippen molar-refractivity contribution in [3.8, 4) is 11.5 Å². The second kappa shape index (κ2) is 7.66. The van der Waals surface area contributed by atoms with Gasteiger partial charge in [0.1, 0.15) is 17.5 Å². The SMILES string of the molecule is COCC(C)c1nc(-c2ncn3c2c(=O)n(CC2CCCO2)c2ccccc23)no1. The Morgan fingerprint density at radius 1 is 1.30 bits per heavy atom. The number of para-hydroxylation sites is 2. The van der Waals surface area contributed by atoms with Gasteiger partial charge >= 0.3 is 0 Å². The van der Waals surface area contributed by atoms with Crippen molar-refractivity contribution in [3.05, 3.63) is 46.8 Å². The molecule has 4 heterocycles. The molecule has 2 unspecified atom stereocenters. The quantitative estimate of drug-likeness (QED) is 0.483. The molecule has 1 aliphatic heterocycles. The number of hydrogen-bond acceptors (Lipinski definition) is 7. The maximum absolute atomic E-state index is 13.6. The molecule has 0 saturated carbocycles. The molecule has 156 valence electrons. The molecule has 1 aromatic carbocycles. The summed E-state index contributed by atoms with van der Waals surface area (Å²) in [4.78, 5) is 22.5. The Balaban J connectivity index is 1.68. The fraction of sp³-hybridized carbons (Fsp3) is 0.429. The molecule has 0 N–H and O–H groups in total. The van der Waals surface area contributed by atoms with Crippen LogP contribution in [0.5, 0.6) is 0 Å². The van der Waals surface area contributed by atoms with Crippen molar-refractivity contribution in [2.24, 2.45) is 0 Å². The topological polar surface area (TPSA) is 96.7 Å². The van der Waals surface area contributed by atoms with E-state index in [0.717, 1.165) is 30.5 Å². The molecule has 1 saturated heterocycles. The predicted molar refractivity (Wildman–Crippen MR) is 110 cm³/mol. The molecule has 2 atom stereocenters. The smallest absolute Gasteiger partial charge is 0.277 e. The first kappa shape index (κ1) is 19.0. The minimum absolute atomic E-state index is 0.0339. The Hall–Kier alpha value is -3.04. The Labute approximate surface area is 172 Å². The van der Waals surface area contributed by atoms with Gasteiger partial charge in [-0.2, -0.15) is 4.98 Å². The number of imidazole rings is 1. The molecule has 30 heavy (non-hydrogen) atoms. The molecule has 9 nitrogen and oxygen atoms in total. The van der Waals surface area contributed by atoms with Gasteiger partial charge in [-0.05, 0) is 25.0 Å². The lowest BCUT2D eigenvalue weighted by Gasteiger charge is -2.16. The van der Waals surface area contributed by atoms with Gasteiger partial charge in [0.05, 0.1) is 36.2 Å². The van der Waals surface area contributed by atoms with E-state index in [-0.39, 0.29) is 17.6 Å². The van der Waals surface area contributed by atoms with Crippen molar-refractivity contribution in [2.45, 2.75) is 38.3 Å². The van der Waals surface area contributed by atoms with Gasteiger partial charge < -0.3 is 18.6 Å². The van der Waals surface area contributed by atoms with Gasteiger partial charge in [-0.1, -0.05) is 24.2 Å². The van der Waals surface area contributed by atoms with E-state index in [1.165, 1.54) is 0 Å². The molecule has 4 aromatic rings. The highest BCUT2D eigenvalue weighted by Crippen LogP contribution is 2.25. The van der Waals surface area contributed by atoms with Crippen LogP contribution in [-0.4, -0.2) is 50.5 Å². The predicted octanol–water partition coefficient (Wildman–Crippen LogP) is 2.63. The Bertz CT molecular complexity index is 1250. The molecule has 0 aliphatic carbocycles. The van der Waals surface area contributed by atoms with Crippen molar-refractivity contribution in [1.82, 2.24) is 24.1 Å². The number of benzene rings is 1. The normalized spacial score (nSPS) is 17.9. The summed E-state index contributed by atoms with van der Waals surface area (Å²) in [6.07, 6.45) is 3.64. The van der Waals surface area contributed by atoms with Crippen molar-refractivity contribution in [2.75, 3.05) is 20.3 Å². The van der Waals surface area contributed by atoms with E-state index in [1.54, 1.807) is 22.4 Å². The molecule has 9 heteroatoms. The zero-order chi connectivity index (χ0) is 20.7. The van der Waals surface area contributed by atoms with Crippen LogP contribution in [0, 0.1) is 0 Å². The number of ether oxygens (including phenoxy) is 2. The van der Waals surface area contributed by atoms with Gasteiger partial charge in [-0.15, -0.1) is 0 Å². The van der Waals surface area contributed by atoms with E-state index < -0.39 is 0 Å². The van der Waals surface area contributed by atoms with Crippen LogP contribution >= 0.6 is 0 Å². The lowest BCUT2D eigenvalue weighted by Crippen LogP contribution is -2.28.